The van der Waals surface area contributed by atoms with Crippen molar-refractivity contribution in [3.8, 4) is 0 Å². The van der Waals surface area contributed by atoms with Gasteiger partial charge in [-0.2, -0.15) is 0 Å². The molecule has 0 saturated heterocycles. The van der Waals surface area contributed by atoms with Gasteiger partial charge in [-0.05, 0) is 50.4 Å². The van der Waals surface area contributed by atoms with Crippen molar-refractivity contribution >= 4 is 0 Å². The van der Waals surface area contributed by atoms with E-state index in [4.69, 9.17) is 5.11 Å². The second-order valence-electron chi connectivity index (χ2n) is 7.95. The summed E-state index contributed by atoms with van der Waals surface area (Å²) in [5.74, 6) is 0.603. The van der Waals surface area contributed by atoms with Crippen LogP contribution in [0.25, 0.3) is 0 Å². The lowest BCUT2D eigenvalue weighted by molar-refractivity contribution is 0.0717. The fourth-order valence-electron chi connectivity index (χ4n) is 3.83. The van der Waals surface area contributed by atoms with Crippen LogP contribution in [0, 0.1) is 11.8 Å². The van der Waals surface area contributed by atoms with Gasteiger partial charge in [0.2, 0.25) is 0 Å². The van der Waals surface area contributed by atoms with Gasteiger partial charge >= 0.3 is 0 Å². The summed E-state index contributed by atoms with van der Waals surface area (Å²) in [5, 5.41) is 29.4. The highest BCUT2D eigenvalue weighted by atomic mass is 16.3. The summed E-state index contributed by atoms with van der Waals surface area (Å²) in [7, 11) is 0. The third kappa shape index (κ3) is 11.5. The van der Waals surface area contributed by atoms with E-state index in [1.54, 1.807) is 0 Å². The van der Waals surface area contributed by atoms with E-state index < -0.39 is 0 Å². The molecule has 1 aliphatic carbocycles. The summed E-state index contributed by atoms with van der Waals surface area (Å²) >= 11 is 0. The SMILES string of the molecule is CCCCCCCCC(O)/C=C/C=C/[C@@H]1CC=CC[C@H]1C(O)CCCCO. The van der Waals surface area contributed by atoms with Crippen molar-refractivity contribution in [1.29, 1.82) is 0 Å². The highest BCUT2D eigenvalue weighted by Crippen LogP contribution is 2.31. The minimum absolute atomic E-state index is 0.201. The molecule has 0 spiro atoms. The molecule has 3 heteroatoms. The van der Waals surface area contributed by atoms with Gasteiger partial charge in [0, 0.05) is 6.61 Å². The molecule has 0 aromatic carbocycles. The summed E-state index contributed by atoms with van der Waals surface area (Å²) < 4.78 is 0. The molecule has 27 heavy (non-hydrogen) atoms. The van der Waals surface area contributed by atoms with Crippen LogP contribution in [0.15, 0.2) is 36.5 Å². The lowest BCUT2D eigenvalue weighted by Gasteiger charge is -2.30. The molecule has 1 rings (SSSR count). The average Bonchev–Trinajstić information content (AvgIpc) is 2.68. The van der Waals surface area contributed by atoms with Gasteiger partial charge in [-0.25, -0.2) is 0 Å². The highest BCUT2D eigenvalue weighted by Gasteiger charge is 2.26. The van der Waals surface area contributed by atoms with E-state index in [2.05, 4.69) is 25.2 Å². The van der Waals surface area contributed by atoms with Crippen LogP contribution < -0.4 is 0 Å². The molecule has 0 heterocycles. The molecule has 0 radical (unpaired) electrons. The molecule has 3 nitrogen and oxygen atoms in total. The van der Waals surface area contributed by atoms with Gasteiger partial charge < -0.3 is 15.3 Å². The quantitative estimate of drug-likeness (QED) is 0.205. The molecule has 4 atom stereocenters. The molecule has 1 aliphatic rings. The Kier molecular flexibility index (Phi) is 14.4. The minimum atomic E-state index is -0.355. The maximum Gasteiger partial charge on any atom is 0.0723 e. The van der Waals surface area contributed by atoms with Gasteiger partial charge in [0.15, 0.2) is 0 Å². The van der Waals surface area contributed by atoms with Crippen molar-refractivity contribution in [1.82, 2.24) is 0 Å². The van der Waals surface area contributed by atoms with Gasteiger partial charge in [0.1, 0.15) is 0 Å². The number of hydrogen-bond donors (Lipinski definition) is 3. The fraction of sp³-hybridized carbons (Fsp3) is 0.750. The maximum absolute atomic E-state index is 10.5. The van der Waals surface area contributed by atoms with Crippen LogP contribution in [-0.2, 0) is 0 Å². The summed E-state index contributed by atoms with van der Waals surface area (Å²) in [5.41, 5.74) is 0. The summed E-state index contributed by atoms with van der Waals surface area (Å²) in [4.78, 5) is 0. The topological polar surface area (TPSA) is 60.7 Å². The van der Waals surface area contributed by atoms with Crippen LogP contribution in [-0.4, -0.2) is 34.1 Å². The lowest BCUT2D eigenvalue weighted by Crippen LogP contribution is -2.28. The van der Waals surface area contributed by atoms with Gasteiger partial charge in [-0.15, -0.1) is 0 Å². The normalized spacial score (nSPS) is 22.7. The van der Waals surface area contributed by atoms with Crippen LogP contribution in [0.1, 0.15) is 84.0 Å². The summed E-state index contributed by atoms with van der Waals surface area (Å²) in [6.07, 6.45) is 24.4. The van der Waals surface area contributed by atoms with Crippen LogP contribution in [0.5, 0.6) is 0 Å². The number of aliphatic hydroxyl groups is 3. The van der Waals surface area contributed by atoms with Gasteiger partial charge in [-0.3, -0.25) is 0 Å². The molecule has 0 aromatic heterocycles. The average molecular weight is 379 g/mol. The Balaban J connectivity index is 2.31. The van der Waals surface area contributed by atoms with Crippen molar-refractivity contribution < 1.29 is 15.3 Å². The number of unbranched alkanes of at least 4 members (excludes halogenated alkanes) is 6. The molecule has 0 amide bonds. The molecule has 0 bridgehead atoms. The van der Waals surface area contributed by atoms with Gasteiger partial charge in [0.05, 0.1) is 12.2 Å². The Morgan fingerprint density at radius 2 is 1.59 bits per heavy atom. The number of rotatable bonds is 15. The fourth-order valence-corrected chi connectivity index (χ4v) is 3.83. The summed E-state index contributed by atoms with van der Waals surface area (Å²) in [6.45, 7) is 2.43. The molecule has 2 unspecified atom stereocenters. The van der Waals surface area contributed by atoms with E-state index in [1.807, 2.05) is 18.2 Å². The minimum Gasteiger partial charge on any atom is -0.396 e. The van der Waals surface area contributed by atoms with Gasteiger partial charge in [0.25, 0.3) is 0 Å². The van der Waals surface area contributed by atoms with E-state index in [0.717, 1.165) is 44.9 Å². The molecular weight excluding hydrogens is 336 g/mol. The largest absolute Gasteiger partial charge is 0.396 e. The molecule has 0 aliphatic heterocycles. The molecule has 0 saturated carbocycles. The Labute approximate surface area is 166 Å². The van der Waals surface area contributed by atoms with Crippen molar-refractivity contribution in [3.05, 3.63) is 36.5 Å². The van der Waals surface area contributed by atoms with Crippen LogP contribution in [0.4, 0.5) is 0 Å². The van der Waals surface area contributed by atoms with E-state index >= 15 is 0 Å². The molecular formula is C24H42O3. The first-order valence-corrected chi connectivity index (χ1v) is 11.2. The second kappa shape index (κ2) is 16.1. The zero-order valence-electron chi connectivity index (χ0n) is 17.3. The second-order valence-corrected chi connectivity index (χ2v) is 7.95. The first-order chi connectivity index (χ1) is 13.2. The third-order valence-electron chi connectivity index (χ3n) is 5.59. The zero-order chi connectivity index (χ0) is 19.7. The zero-order valence-corrected chi connectivity index (χ0v) is 17.3. The molecule has 0 fully saturated rings. The van der Waals surface area contributed by atoms with E-state index in [-0.39, 0.29) is 24.7 Å². The third-order valence-corrected chi connectivity index (χ3v) is 5.59. The van der Waals surface area contributed by atoms with Crippen LogP contribution >= 0.6 is 0 Å². The molecule has 156 valence electrons. The number of hydrogen-bond acceptors (Lipinski definition) is 3. The maximum atomic E-state index is 10.5. The Morgan fingerprint density at radius 3 is 2.37 bits per heavy atom. The lowest BCUT2D eigenvalue weighted by atomic mass is 9.78. The van der Waals surface area contributed by atoms with E-state index in [0.29, 0.717) is 5.92 Å². The Bertz CT molecular complexity index is 427. The smallest absolute Gasteiger partial charge is 0.0723 e. The van der Waals surface area contributed by atoms with Crippen molar-refractivity contribution in [2.45, 2.75) is 96.2 Å². The molecule has 3 N–H and O–H groups in total. The predicted molar refractivity (Wildman–Crippen MR) is 115 cm³/mol. The van der Waals surface area contributed by atoms with Crippen molar-refractivity contribution in [2.24, 2.45) is 11.8 Å². The molecule has 0 aromatic rings. The van der Waals surface area contributed by atoms with E-state index in [9.17, 15) is 10.2 Å². The number of aliphatic hydroxyl groups excluding tert-OH is 3. The predicted octanol–water partition coefficient (Wildman–Crippen LogP) is 5.32. The Hall–Kier alpha value is -0.900. The van der Waals surface area contributed by atoms with Gasteiger partial charge in [-0.1, -0.05) is 81.9 Å². The monoisotopic (exact) mass is 378 g/mol. The Morgan fingerprint density at radius 1 is 0.889 bits per heavy atom. The number of allylic oxidation sites excluding steroid dienone is 5. The van der Waals surface area contributed by atoms with Crippen molar-refractivity contribution in [3.63, 3.8) is 0 Å². The first kappa shape index (κ1) is 24.1. The van der Waals surface area contributed by atoms with E-state index in [1.165, 1.54) is 32.1 Å². The summed E-state index contributed by atoms with van der Waals surface area (Å²) in [6, 6.07) is 0. The van der Waals surface area contributed by atoms with Crippen LogP contribution in [0.2, 0.25) is 0 Å². The van der Waals surface area contributed by atoms with Crippen LogP contribution in [0.3, 0.4) is 0 Å². The standard InChI is InChI=1S/C24H42O3/c1-2-3-4-5-6-7-16-22(26)17-10-8-14-21-15-9-11-18-23(21)24(27)19-12-13-20-25/h8-11,14,17,21-27H,2-7,12-13,15-16,18-20H2,1H3/b14-8+,17-10+/t21-,22?,23-,24?/m1/s1. The first-order valence-electron chi connectivity index (χ1n) is 11.2. The highest BCUT2D eigenvalue weighted by molar-refractivity contribution is 5.10. The van der Waals surface area contributed by atoms with Crippen molar-refractivity contribution in [2.75, 3.05) is 6.61 Å².